The highest BCUT2D eigenvalue weighted by Crippen LogP contribution is 2.34. The number of hydrogen-bond donors (Lipinski definition) is 1. The first-order chi connectivity index (χ1) is 14.5. The maximum Gasteiger partial charge on any atom is 0.250 e. The van der Waals surface area contributed by atoms with E-state index in [0.29, 0.717) is 22.0 Å². The highest BCUT2D eigenvalue weighted by molar-refractivity contribution is 6.33. The summed E-state index contributed by atoms with van der Waals surface area (Å²) < 4.78 is 7.13. The molecule has 156 valence electrons. The van der Waals surface area contributed by atoms with Crippen molar-refractivity contribution < 1.29 is 9.53 Å². The molecule has 1 aliphatic heterocycles. The average Bonchev–Trinajstić information content (AvgIpc) is 3.40. The van der Waals surface area contributed by atoms with E-state index in [-0.39, 0.29) is 0 Å². The van der Waals surface area contributed by atoms with Gasteiger partial charge in [0.05, 0.1) is 18.4 Å². The molecule has 6 nitrogen and oxygen atoms in total. The fraction of sp³-hybridized carbons (Fsp3) is 0.304. The van der Waals surface area contributed by atoms with Crippen LogP contribution < -0.4 is 10.5 Å². The number of benzene rings is 1. The number of aryl methyl sites for hydroxylation is 1. The highest BCUT2D eigenvalue weighted by atomic mass is 35.5. The Kier molecular flexibility index (Phi) is 5.79. The number of pyridine rings is 1. The van der Waals surface area contributed by atoms with E-state index in [4.69, 9.17) is 22.1 Å². The zero-order valence-electron chi connectivity index (χ0n) is 17.2. The first kappa shape index (κ1) is 20.4. The van der Waals surface area contributed by atoms with Gasteiger partial charge >= 0.3 is 0 Å². The lowest BCUT2D eigenvalue weighted by Gasteiger charge is -2.16. The third-order valence-electron chi connectivity index (χ3n) is 5.55. The van der Waals surface area contributed by atoms with Crippen molar-refractivity contribution in [3.05, 3.63) is 64.6 Å². The van der Waals surface area contributed by atoms with Crippen molar-refractivity contribution in [1.29, 1.82) is 0 Å². The van der Waals surface area contributed by atoms with Crippen LogP contribution in [0.1, 0.15) is 34.3 Å². The van der Waals surface area contributed by atoms with E-state index in [1.807, 2.05) is 35.9 Å². The van der Waals surface area contributed by atoms with Gasteiger partial charge in [-0.05, 0) is 56.1 Å². The normalized spacial score (nSPS) is 14.2. The van der Waals surface area contributed by atoms with Gasteiger partial charge in [-0.1, -0.05) is 17.7 Å². The number of hydrogen-bond acceptors (Lipinski definition) is 4. The van der Waals surface area contributed by atoms with Gasteiger partial charge < -0.3 is 15.0 Å². The number of likely N-dealkylation sites (tertiary alicyclic amines) is 1. The summed E-state index contributed by atoms with van der Waals surface area (Å²) in [5.74, 6) is 0.000514. The third-order valence-corrected chi connectivity index (χ3v) is 5.88. The number of amides is 1. The summed E-state index contributed by atoms with van der Waals surface area (Å²) in [5.41, 5.74) is 10.6. The second-order valence-electron chi connectivity index (χ2n) is 7.67. The van der Waals surface area contributed by atoms with Gasteiger partial charge in [0.1, 0.15) is 0 Å². The number of ether oxygens (including phenoxy) is 1. The zero-order valence-corrected chi connectivity index (χ0v) is 17.9. The van der Waals surface area contributed by atoms with Gasteiger partial charge in [-0.25, -0.2) is 4.98 Å². The molecule has 1 fully saturated rings. The van der Waals surface area contributed by atoms with Crippen molar-refractivity contribution >= 4 is 17.5 Å². The Morgan fingerprint density at radius 1 is 1.20 bits per heavy atom. The Balaban J connectivity index is 1.78. The Labute approximate surface area is 181 Å². The molecule has 0 unspecified atom stereocenters. The molecule has 4 rings (SSSR count). The molecule has 1 aromatic carbocycles. The number of aromatic nitrogens is 2. The molecule has 0 bridgehead atoms. The average molecular weight is 425 g/mol. The number of halogens is 1. The Morgan fingerprint density at radius 2 is 1.97 bits per heavy atom. The third kappa shape index (κ3) is 4.06. The lowest BCUT2D eigenvalue weighted by molar-refractivity contribution is 0.100. The van der Waals surface area contributed by atoms with Gasteiger partial charge in [0.25, 0.3) is 5.91 Å². The maximum atomic E-state index is 12.2. The molecule has 1 amide bonds. The minimum absolute atomic E-state index is 0.422. The Morgan fingerprint density at radius 3 is 2.67 bits per heavy atom. The van der Waals surface area contributed by atoms with Crippen LogP contribution in [0.4, 0.5) is 0 Å². The van der Waals surface area contributed by atoms with Crippen LogP contribution in [-0.2, 0) is 6.54 Å². The first-order valence-electron chi connectivity index (χ1n) is 10.00. The summed E-state index contributed by atoms with van der Waals surface area (Å²) in [5, 5.41) is 0.587. The van der Waals surface area contributed by atoms with Crippen LogP contribution in [0.3, 0.4) is 0 Å². The molecule has 7 heteroatoms. The van der Waals surface area contributed by atoms with Crippen LogP contribution in [0.25, 0.3) is 16.8 Å². The van der Waals surface area contributed by atoms with Crippen LogP contribution in [0, 0.1) is 6.92 Å². The number of nitrogens with two attached hydrogens (primary N) is 1. The Bertz CT molecular complexity index is 1090. The second-order valence-corrected chi connectivity index (χ2v) is 8.07. The van der Waals surface area contributed by atoms with Crippen molar-refractivity contribution in [2.24, 2.45) is 5.73 Å². The Hall–Kier alpha value is -2.83. The van der Waals surface area contributed by atoms with Crippen molar-refractivity contribution in [2.45, 2.75) is 26.3 Å². The molecule has 0 spiro atoms. The minimum atomic E-state index is -0.497. The van der Waals surface area contributed by atoms with E-state index in [0.717, 1.165) is 36.4 Å². The van der Waals surface area contributed by atoms with Crippen LogP contribution in [0.15, 0.2) is 42.9 Å². The lowest BCUT2D eigenvalue weighted by atomic mass is 10.0. The molecular formula is C23H25ClN4O2. The van der Waals surface area contributed by atoms with Gasteiger partial charge in [-0.3, -0.25) is 9.69 Å². The number of methoxy groups -OCH3 is 1. The number of nitrogens with zero attached hydrogens (tertiary/aromatic N) is 3. The standard InChI is InChI=1S/C23H25ClN4O2/c1-15-11-26-22(30-2)10-21(15)28-13-18(19(14-28)23(25)29)17-9-16(5-6-20(17)24)12-27-7-3-4-8-27/h5-6,9-11,13-14H,3-4,7-8,12H2,1-2H3,(H2,25,29). The molecule has 30 heavy (non-hydrogen) atoms. The van der Waals surface area contributed by atoms with Crippen molar-refractivity contribution in [1.82, 2.24) is 14.5 Å². The molecule has 0 atom stereocenters. The van der Waals surface area contributed by atoms with Crippen molar-refractivity contribution in [2.75, 3.05) is 20.2 Å². The minimum Gasteiger partial charge on any atom is -0.481 e. The molecule has 2 N–H and O–H groups in total. The summed E-state index contributed by atoms with van der Waals surface area (Å²) in [6.45, 7) is 5.06. The molecule has 3 heterocycles. The molecule has 0 radical (unpaired) electrons. The largest absolute Gasteiger partial charge is 0.481 e. The monoisotopic (exact) mass is 424 g/mol. The zero-order chi connectivity index (χ0) is 21.3. The quantitative estimate of drug-likeness (QED) is 0.643. The van der Waals surface area contributed by atoms with E-state index in [1.165, 1.54) is 18.4 Å². The first-order valence-corrected chi connectivity index (χ1v) is 10.4. The number of primary amides is 1. The van der Waals surface area contributed by atoms with Crippen LogP contribution >= 0.6 is 11.6 Å². The SMILES string of the molecule is COc1cc(-n2cc(C(N)=O)c(-c3cc(CN4CCCC4)ccc3Cl)c2)c(C)cn1. The smallest absolute Gasteiger partial charge is 0.250 e. The molecule has 1 aliphatic rings. The number of rotatable bonds is 6. The summed E-state index contributed by atoms with van der Waals surface area (Å²) in [7, 11) is 1.57. The van der Waals surface area contributed by atoms with E-state index in [9.17, 15) is 4.79 Å². The van der Waals surface area contributed by atoms with E-state index in [2.05, 4.69) is 16.0 Å². The van der Waals surface area contributed by atoms with E-state index < -0.39 is 5.91 Å². The van der Waals surface area contributed by atoms with E-state index in [1.54, 1.807) is 19.5 Å². The van der Waals surface area contributed by atoms with Crippen LogP contribution in [0.2, 0.25) is 5.02 Å². The molecule has 2 aromatic heterocycles. The topological polar surface area (TPSA) is 73.4 Å². The molecule has 0 saturated carbocycles. The van der Waals surface area contributed by atoms with Crippen molar-refractivity contribution in [3.63, 3.8) is 0 Å². The maximum absolute atomic E-state index is 12.2. The lowest BCUT2D eigenvalue weighted by Crippen LogP contribution is -2.18. The summed E-state index contributed by atoms with van der Waals surface area (Å²) >= 11 is 6.55. The summed E-state index contributed by atoms with van der Waals surface area (Å²) in [6, 6.07) is 7.83. The van der Waals surface area contributed by atoms with Crippen molar-refractivity contribution in [3.8, 4) is 22.7 Å². The summed E-state index contributed by atoms with van der Waals surface area (Å²) in [4.78, 5) is 18.9. The highest BCUT2D eigenvalue weighted by Gasteiger charge is 2.19. The number of carbonyl (C=O) groups excluding carboxylic acids is 1. The summed E-state index contributed by atoms with van der Waals surface area (Å²) in [6.07, 6.45) is 7.85. The van der Waals surface area contributed by atoms with Gasteiger partial charge in [-0.2, -0.15) is 0 Å². The van der Waals surface area contributed by atoms with Crippen LogP contribution in [0.5, 0.6) is 5.88 Å². The van der Waals surface area contributed by atoms with Gasteiger partial charge in [-0.15, -0.1) is 0 Å². The fourth-order valence-corrected chi connectivity index (χ4v) is 4.18. The molecular weight excluding hydrogens is 400 g/mol. The molecule has 1 saturated heterocycles. The molecule has 0 aliphatic carbocycles. The second kappa shape index (κ2) is 8.50. The predicted molar refractivity (Wildman–Crippen MR) is 118 cm³/mol. The van der Waals surface area contributed by atoms with Gasteiger partial charge in [0.2, 0.25) is 5.88 Å². The van der Waals surface area contributed by atoms with Gasteiger partial charge in [0, 0.05) is 47.4 Å². The fourth-order valence-electron chi connectivity index (χ4n) is 3.97. The van der Waals surface area contributed by atoms with Gasteiger partial charge in [0.15, 0.2) is 0 Å². The molecule has 3 aromatic rings. The number of carbonyl (C=O) groups is 1. The van der Waals surface area contributed by atoms with E-state index >= 15 is 0 Å². The predicted octanol–water partition coefficient (Wildman–Crippen LogP) is 4.20. The van der Waals surface area contributed by atoms with Crippen LogP contribution in [-0.4, -0.2) is 40.6 Å².